The van der Waals surface area contributed by atoms with Crippen LogP contribution in [0, 0.1) is 11.6 Å². The summed E-state index contributed by atoms with van der Waals surface area (Å²) in [5.41, 5.74) is -0.251. The van der Waals surface area contributed by atoms with Crippen molar-refractivity contribution in [3.63, 3.8) is 0 Å². The number of amides is 1. The number of halogens is 2. The standard InChI is InChI=1S/C15H13F2NO3S/c1-18(14(19)12-4-3-7-22-12)13(15(20)21-2)10-8-9(16)5-6-11(10)17/h3-8,13H,1-2H3. The van der Waals surface area contributed by atoms with E-state index in [1.807, 2.05) is 0 Å². The third-order valence-electron chi connectivity index (χ3n) is 3.12. The van der Waals surface area contributed by atoms with Gasteiger partial charge in [-0.3, -0.25) is 4.79 Å². The number of thiophene rings is 1. The molecule has 22 heavy (non-hydrogen) atoms. The molecule has 1 heterocycles. The molecule has 0 fully saturated rings. The van der Waals surface area contributed by atoms with Gasteiger partial charge in [-0.15, -0.1) is 11.3 Å². The molecule has 1 aromatic heterocycles. The number of methoxy groups -OCH3 is 1. The third-order valence-corrected chi connectivity index (χ3v) is 3.97. The van der Waals surface area contributed by atoms with Crippen molar-refractivity contribution in [2.75, 3.05) is 14.2 Å². The molecule has 0 saturated heterocycles. The lowest BCUT2D eigenvalue weighted by atomic mass is 10.0. The van der Waals surface area contributed by atoms with Crippen LogP contribution >= 0.6 is 11.3 Å². The molecule has 0 radical (unpaired) electrons. The Balaban J connectivity index is 2.44. The Morgan fingerprint density at radius 2 is 2.00 bits per heavy atom. The lowest BCUT2D eigenvalue weighted by molar-refractivity contribution is -0.146. The molecule has 0 aliphatic carbocycles. The van der Waals surface area contributed by atoms with Gasteiger partial charge < -0.3 is 9.64 Å². The number of hydrogen-bond donors (Lipinski definition) is 0. The molecule has 0 N–H and O–H groups in total. The summed E-state index contributed by atoms with van der Waals surface area (Å²) in [5.74, 6) is -2.82. The van der Waals surface area contributed by atoms with E-state index < -0.39 is 29.6 Å². The molecule has 1 aromatic carbocycles. The van der Waals surface area contributed by atoms with E-state index in [-0.39, 0.29) is 5.56 Å². The Labute approximate surface area is 129 Å². The Morgan fingerprint density at radius 1 is 1.27 bits per heavy atom. The lowest BCUT2D eigenvalue weighted by Gasteiger charge is -2.26. The van der Waals surface area contributed by atoms with Gasteiger partial charge in [-0.2, -0.15) is 0 Å². The van der Waals surface area contributed by atoms with Crippen molar-refractivity contribution in [3.8, 4) is 0 Å². The van der Waals surface area contributed by atoms with E-state index in [9.17, 15) is 18.4 Å². The molecule has 1 atom stereocenters. The van der Waals surface area contributed by atoms with Crippen LogP contribution < -0.4 is 0 Å². The van der Waals surface area contributed by atoms with E-state index in [4.69, 9.17) is 0 Å². The number of benzene rings is 1. The fraction of sp³-hybridized carbons (Fsp3) is 0.200. The monoisotopic (exact) mass is 325 g/mol. The van der Waals surface area contributed by atoms with Crippen LogP contribution in [0.25, 0.3) is 0 Å². The van der Waals surface area contributed by atoms with E-state index >= 15 is 0 Å². The number of rotatable bonds is 4. The zero-order valence-electron chi connectivity index (χ0n) is 11.9. The van der Waals surface area contributed by atoms with Gasteiger partial charge in [-0.1, -0.05) is 6.07 Å². The Bertz CT molecular complexity index is 688. The largest absolute Gasteiger partial charge is 0.467 e. The van der Waals surface area contributed by atoms with Gasteiger partial charge >= 0.3 is 5.97 Å². The van der Waals surface area contributed by atoms with Crippen molar-refractivity contribution < 1.29 is 23.1 Å². The van der Waals surface area contributed by atoms with Crippen LogP contribution in [0.1, 0.15) is 21.3 Å². The lowest BCUT2D eigenvalue weighted by Crippen LogP contribution is -2.36. The fourth-order valence-corrected chi connectivity index (χ4v) is 2.73. The average molecular weight is 325 g/mol. The molecule has 0 bridgehead atoms. The van der Waals surface area contributed by atoms with Crippen LogP contribution in [0.15, 0.2) is 35.7 Å². The highest BCUT2D eigenvalue weighted by atomic mass is 32.1. The Morgan fingerprint density at radius 3 is 2.59 bits per heavy atom. The second-order valence-electron chi connectivity index (χ2n) is 4.48. The second-order valence-corrected chi connectivity index (χ2v) is 5.43. The molecular formula is C15H13F2NO3S. The number of ether oxygens (including phenoxy) is 1. The van der Waals surface area contributed by atoms with Gasteiger partial charge in [0.15, 0.2) is 6.04 Å². The number of carbonyl (C=O) groups excluding carboxylic acids is 2. The Kier molecular flexibility index (Phi) is 4.87. The van der Waals surface area contributed by atoms with Crippen molar-refractivity contribution in [1.29, 1.82) is 0 Å². The van der Waals surface area contributed by atoms with Crippen molar-refractivity contribution in [2.45, 2.75) is 6.04 Å². The summed E-state index contributed by atoms with van der Waals surface area (Å²) in [7, 11) is 2.46. The molecule has 1 unspecified atom stereocenters. The van der Waals surface area contributed by atoms with Crippen molar-refractivity contribution in [3.05, 3.63) is 57.8 Å². The number of carbonyl (C=O) groups is 2. The second kappa shape index (κ2) is 6.65. The number of hydrogen-bond acceptors (Lipinski definition) is 4. The predicted molar refractivity (Wildman–Crippen MR) is 77.5 cm³/mol. The first-order valence-corrected chi connectivity index (χ1v) is 7.17. The van der Waals surface area contributed by atoms with Crippen LogP contribution in [0.5, 0.6) is 0 Å². The van der Waals surface area contributed by atoms with E-state index in [0.29, 0.717) is 4.88 Å². The maximum absolute atomic E-state index is 14.0. The van der Waals surface area contributed by atoms with E-state index in [0.717, 1.165) is 30.2 Å². The molecular weight excluding hydrogens is 312 g/mol. The molecule has 0 aliphatic rings. The highest BCUT2D eigenvalue weighted by molar-refractivity contribution is 7.12. The van der Waals surface area contributed by atoms with Gasteiger partial charge in [-0.25, -0.2) is 13.6 Å². The normalized spacial score (nSPS) is 11.8. The summed E-state index contributed by atoms with van der Waals surface area (Å²) in [6.07, 6.45) is 0. The van der Waals surface area contributed by atoms with Gasteiger partial charge in [0.25, 0.3) is 5.91 Å². The molecule has 1 amide bonds. The van der Waals surface area contributed by atoms with Gasteiger partial charge in [0.1, 0.15) is 11.6 Å². The molecule has 0 aliphatic heterocycles. The molecule has 2 aromatic rings. The summed E-state index contributed by atoms with van der Waals surface area (Å²) in [6.45, 7) is 0. The van der Waals surface area contributed by atoms with Gasteiger partial charge in [-0.05, 0) is 29.6 Å². The zero-order valence-corrected chi connectivity index (χ0v) is 12.7. The van der Waals surface area contributed by atoms with E-state index in [1.54, 1.807) is 17.5 Å². The number of likely N-dealkylation sites (N-methyl/N-ethyl adjacent to an activating group) is 1. The first-order valence-electron chi connectivity index (χ1n) is 6.29. The van der Waals surface area contributed by atoms with E-state index in [2.05, 4.69) is 4.74 Å². The molecule has 0 saturated carbocycles. The Hall–Kier alpha value is -2.28. The third kappa shape index (κ3) is 3.14. The minimum absolute atomic E-state index is 0.251. The fourth-order valence-electron chi connectivity index (χ4n) is 2.02. The summed E-state index contributed by atoms with van der Waals surface area (Å²) in [4.78, 5) is 25.8. The smallest absolute Gasteiger partial charge is 0.333 e. The minimum Gasteiger partial charge on any atom is -0.467 e. The summed E-state index contributed by atoms with van der Waals surface area (Å²) < 4.78 is 32.0. The van der Waals surface area contributed by atoms with Crippen LogP contribution in [-0.4, -0.2) is 30.9 Å². The maximum Gasteiger partial charge on any atom is 0.333 e. The molecule has 0 spiro atoms. The van der Waals surface area contributed by atoms with E-state index in [1.165, 1.54) is 18.4 Å². The zero-order chi connectivity index (χ0) is 16.3. The topological polar surface area (TPSA) is 46.6 Å². The summed E-state index contributed by atoms with van der Waals surface area (Å²) in [6, 6.07) is 4.63. The summed E-state index contributed by atoms with van der Waals surface area (Å²) in [5, 5.41) is 1.71. The van der Waals surface area contributed by atoms with Crippen LogP contribution in [0.2, 0.25) is 0 Å². The van der Waals surface area contributed by atoms with Crippen LogP contribution in [-0.2, 0) is 9.53 Å². The highest BCUT2D eigenvalue weighted by Gasteiger charge is 2.32. The quantitative estimate of drug-likeness (QED) is 0.812. The van der Waals surface area contributed by atoms with Crippen LogP contribution in [0.3, 0.4) is 0 Å². The predicted octanol–water partition coefficient (Wildman–Crippen LogP) is 3.01. The molecule has 4 nitrogen and oxygen atoms in total. The first-order chi connectivity index (χ1) is 10.5. The molecule has 2 rings (SSSR count). The SMILES string of the molecule is COC(=O)C(c1cc(F)ccc1F)N(C)C(=O)c1cccs1. The van der Waals surface area contributed by atoms with Gasteiger partial charge in [0.05, 0.1) is 12.0 Å². The minimum atomic E-state index is -1.37. The van der Waals surface area contributed by atoms with Crippen molar-refractivity contribution in [2.24, 2.45) is 0 Å². The van der Waals surface area contributed by atoms with Crippen molar-refractivity contribution >= 4 is 23.2 Å². The summed E-state index contributed by atoms with van der Waals surface area (Å²) >= 11 is 1.19. The maximum atomic E-state index is 14.0. The first kappa shape index (κ1) is 16.1. The number of esters is 1. The molecule has 116 valence electrons. The van der Waals surface area contributed by atoms with Crippen LogP contribution in [0.4, 0.5) is 8.78 Å². The molecule has 7 heteroatoms. The van der Waals surface area contributed by atoms with Gasteiger partial charge in [0, 0.05) is 12.6 Å². The van der Waals surface area contributed by atoms with Crippen molar-refractivity contribution in [1.82, 2.24) is 4.90 Å². The highest BCUT2D eigenvalue weighted by Crippen LogP contribution is 2.27. The number of nitrogens with zero attached hydrogens (tertiary/aromatic N) is 1. The average Bonchev–Trinajstić information content (AvgIpc) is 3.04. The van der Waals surface area contributed by atoms with Gasteiger partial charge in [0.2, 0.25) is 0 Å².